The molecule has 0 radical (unpaired) electrons. The normalized spacial score (nSPS) is 11.5. The maximum absolute atomic E-state index is 12.5. The van der Waals surface area contributed by atoms with Crippen LogP contribution >= 0.6 is 11.8 Å². The summed E-state index contributed by atoms with van der Waals surface area (Å²) < 4.78 is 21.1. The molecule has 0 aliphatic carbocycles. The average molecular weight is 456 g/mol. The van der Waals surface area contributed by atoms with Crippen LogP contribution in [-0.2, 0) is 28.5 Å². The minimum absolute atomic E-state index is 0.218. The van der Waals surface area contributed by atoms with Crippen LogP contribution < -0.4 is 5.32 Å². The van der Waals surface area contributed by atoms with Crippen molar-refractivity contribution < 1.29 is 33.3 Å². The third-order valence-corrected chi connectivity index (χ3v) is 4.75. The fourth-order valence-electron chi connectivity index (χ4n) is 2.00. The molecule has 0 saturated carbocycles. The van der Waals surface area contributed by atoms with Gasteiger partial charge in [-0.05, 0) is 25.5 Å². The molecule has 0 aromatic rings. The van der Waals surface area contributed by atoms with Crippen LogP contribution in [0.25, 0.3) is 0 Å². The first-order chi connectivity index (χ1) is 14.8. The van der Waals surface area contributed by atoms with Crippen molar-refractivity contribution in [1.29, 1.82) is 0 Å². The molecule has 0 bridgehead atoms. The topological polar surface area (TPSA) is 100 Å². The second kappa shape index (κ2) is 17.2. The Balaban J connectivity index is 4.99. The Labute approximate surface area is 188 Å². The number of ether oxygens (including phenoxy) is 4. The standard InChI is InChI=1S/C22H33NO7S/c1-6-10-12-27-14-18(15-31-13-11-7-2)30-21(26)23-22(5,16-28-19(24)8-3)17-29-20(25)9-4/h6-9,18H,1-4,10-17H2,5H3,(H,23,26). The number of carbonyl (C=O) groups excluding carboxylic acids is 3. The summed E-state index contributed by atoms with van der Waals surface area (Å²) in [7, 11) is 0. The van der Waals surface area contributed by atoms with E-state index in [2.05, 4.69) is 31.6 Å². The van der Waals surface area contributed by atoms with E-state index in [1.54, 1.807) is 24.8 Å². The smallest absolute Gasteiger partial charge is 0.408 e. The van der Waals surface area contributed by atoms with Gasteiger partial charge in [-0.15, -0.1) is 13.2 Å². The van der Waals surface area contributed by atoms with Gasteiger partial charge in [0.05, 0.1) is 13.2 Å². The lowest BCUT2D eigenvalue weighted by Crippen LogP contribution is -2.54. The summed E-state index contributed by atoms with van der Waals surface area (Å²) in [5.74, 6) is 0.0138. The molecule has 0 aromatic heterocycles. The Hall–Kier alpha value is -2.52. The van der Waals surface area contributed by atoms with Crippen LogP contribution in [0, 0.1) is 0 Å². The zero-order chi connectivity index (χ0) is 23.5. The van der Waals surface area contributed by atoms with Crippen molar-refractivity contribution in [2.45, 2.75) is 31.4 Å². The van der Waals surface area contributed by atoms with E-state index in [0.717, 1.165) is 24.3 Å². The summed E-state index contributed by atoms with van der Waals surface area (Å²) in [5, 5.41) is 2.60. The Morgan fingerprint density at radius 2 is 1.58 bits per heavy atom. The molecule has 0 aromatic carbocycles. The summed E-state index contributed by atoms with van der Waals surface area (Å²) in [6.45, 7) is 15.7. The monoisotopic (exact) mass is 455 g/mol. The van der Waals surface area contributed by atoms with Gasteiger partial charge in [0.2, 0.25) is 0 Å². The van der Waals surface area contributed by atoms with E-state index in [9.17, 15) is 14.4 Å². The first-order valence-corrected chi connectivity index (χ1v) is 10.9. The second-order valence-electron chi connectivity index (χ2n) is 6.64. The van der Waals surface area contributed by atoms with Gasteiger partial charge in [-0.25, -0.2) is 14.4 Å². The molecule has 1 atom stereocenters. The summed E-state index contributed by atoms with van der Waals surface area (Å²) in [4.78, 5) is 35.4. The summed E-state index contributed by atoms with van der Waals surface area (Å²) in [6, 6.07) is 0. The van der Waals surface area contributed by atoms with Crippen LogP contribution in [0.1, 0.15) is 19.8 Å². The quantitative estimate of drug-likeness (QED) is 0.111. The molecule has 0 aliphatic rings. The van der Waals surface area contributed by atoms with Crippen molar-refractivity contribution in [1.82, 2.24) is 5.32 Å². The summed E-state index contributed by atoms with van der Waals surface area (Å²) in [6.07, 6.45) is 5.80. The number of amides is 1. The van der Waals surface area contributed by atoms with Gasteiger partial charge in [0.15, 0.2) is 0 Å². The van der Waals surface area contributed by atoms with Crippen LogP contribution in [0.15, 0.2) is 50.6 Å². The number of hydrogen-bond donors (Lipinski definition) is 1. The molecule has 1 unspecified atom stereocenters. The lowest BCUT2D eigenvalue weighted by molar-refractivity contribution is -0.144. The van der Waals surface area contributed by atoms with Gasteiger partial charge in [0.25, 0.3) is 0 Å². The van der Waals surface area contributed by atoms with Gasteiger partial charge in [-0.1, -0.05) is 25.3 Å². The molecule has 0 aliphatic heterocycles. The van der Waals surface area contributed by atoms with Crippen molar-refractivity contribution in [3.63, 3.8) is 0 Å². The number of hydrogen-bond acceptors (Lipinski definition) is 8. The van der Waals surface area contributed by atoms with E-state index >= 15 is 0 Å². The molecule has 0 heterocycles. The maximum atomic E-state index is 12.5. The minimum Gasteiger partial charge on any atom is -0.460 e. The third-order valence-electron chi connectivity index (χ3n) is 3.62. The van der Waals surface area contributed by atoms with Crippen LogP contribution in [-0.4, -0.2) is 67.6 Å². The number of allylic oxidation sites excluding steroid dienone is 1. The van der Waals surface area contributed by atoms with Gasteiger partial charge in [0.1, 0.15) is 24.9 Å². The molecule has 31 heavy (non-hydrogen) atoms. The van der Waals surface area contributed by atoms with E-state index in [1.165, 1.54) is 0 Å². The largest absolute Gasteiger partial charge is 0.460 e. The number of carbonyl (C=O) groups is 3. The zero-order valence-electron chi connectivity index (χ0n) is 18.1. The highest BCUT2D eigenvalue weighted by atomic mass is 32.2. The number of nitrogens with one attached hydrogen (secondary N) is 1. The SMILES string of the molecule is C=CCCOCC(CSCCC=C)OC(=O)NC(C)(COC(=O)C=C)COC(=O)C=C. The second-order valence-corrected chi connectivity index (χ2v) is 7.79. The third kappa shape index (κ3) is 15.0. The van der Waals surface area contributed by atoms with Gasteiger partial charge >= 0.3 is 18.0 Å². The number of esters is 2. The average Bonchev–Trinajstić information content (AvgIpc) is 2.76. The van der Waals surface area contributed by atoms with E-state index < -0.39 is 29.7 Å². The van der Waals surface area contributed by atoms with E-state index in [-0.39, 0.29) is 19.8 Å². The van der Waals surface area contributed by atoms with Crippen molar-refractivity contribution >= 4 is 29.8 Å². The molecular weight excluding hydrogens is 422 g/mol. The lowest BCUT2D eigenvalue weighted by atomic mass is 10.1. The van der Waals surface area contributed by atoms with Gasteiger partial charge in [-0.2, -0.15) is 11.8 Å². The zero-order valence-corrected chi connectivity index (χ0v) is 19.0. The molecule has 1 amide bonds. The van der Waals surface area contributed by atoms with Gasteiger partial charge in [0, 0.05) is 17.9 Å². The summed E-state index contributed by atoms with van der Waals surface area (Å²) in [5.41, 5.74) is -1.22. The summed E-state index contributed by atoms with van der Waals surface area (Å²) >= 11 is 1.61. The number of thioether (sulfide) groups is 1. The molecule has 0 fully saturated rings. The van der Waals surface area contributed by atoms with Crippen molar-refractivity contribution in [2.75, 3.05) is 37.9 Å². The highest BCUT2D eigenvalue weighted by Crippen LogP contribution is 2.12. The molecule has 1 N–H and O–H groups in total. The molecule has 9 heteroatoms. The molecule has 0 spiro atoms. The van der Waals surface area contributed by atoms with Crippen LogP contribution in [0.4, 0.5) is 4.79 Å². The van der Waals surface area contributed by atoms with E-state index in [0.29, 0.717) is 18.8 Å². The molecule has 0 rings (SSSR count). The van der Waals surface area contributed by atoms with Crippen molar-refractivity contribution in [2.24, 2.45) is 0 Å². The fourth-order valence-corrected chi connectivity index (χ4v) is 2.93. The Bertz CT molecular complexity index is 581. The Kier molecular flexibility index (Phi) is 15.8. The van der Waals surface area contributed by atoms with Gasteiger partial charge in [-0.3, -0.25) is 0 Å². The first-order valence-electron chi connectivity index (χ1n) is 9.74. The van der Waals surface area contributed by atoms with Crippen LogP contribution in [0.3, 0.4) is 0 Å². The highest BCUT2D eigenvalue weighted by Gasteiger charge is 2.31. The lowest BCUT2D eigenvalue weighted by Gasteiger charge is -2.30. The van der Waals surface area contributed by atoms with Crippen molar-refractivity contribution in [3.05, 3.63) is 50.6 Å². The van der Waals surface area contributed by atoms with Gasteiger partial charge < -0.3 is 24.3 Å². The Morgan fingerprint density at radius 3 is 2.10 bits per heavy atom. The fraction of sp³-hybridized carbons (Fsp3) is 0.500. The van der Waals surface area contributed by atoms with Crippen molar-refractivity contribution in [3.8, 4) is 0 Å². The Morgan fingerprint density at radius 1 is 1.00 bits per heavy atom. The van der Waals surface area contributed by atoms with E-state index in [1.807, 2.05) is 6.08 Å². The predicted octanol–water partition coefficient (Wildman–Crippen LogP) is 3.20. The molecule has 174 valence electrons. The van der Waals surface area contributed by atoms with Crippen LogP contribution in [0.2, 0.25) is 0 Å². The van der Waals surface area contributed by atoms with Crippen LogP contribution in [0.5, 0.6) is 0 Å². The number of alkyl carbamates (subject to hydrolysis) is 1. The first kappa shape index (κ1) is 28.5. The molecular formula is C22H33NO7S. The highest BCUT2D eigenvalue weighted by molar-refractivity contribution is 7.99. The van der Waals surface area contributed by atoms with E-state index in [4.69, 9.17) is 18.9 Å². The molecule has 0 saturated heterocycles. The molecule has 8 nitrogen and oxygen atoms in total. The predicted molar refractivity (Wildman–Crippen MR) is 122 cm³/mol. The minimum atomic E-state index is -1.22. The number of rotatable bonds is 18. The maximum Gasteiger partial charge on any atom is 0.408 e.